The normalized spacial score (nSPS) is 13.3. The largest absolute Gasteiger partial charge is 0.372 e. The van der Waals surface area contributed by atoms with Crippen molar-refractivity contribution in [3.05, 3.63) is 81.9 Å². The quantitative estimate of drug-likeness (QED) is 0.392. The van der Waals surface area contributed by atoms with Gasteiger partial charge in [0.05, 0.1) is 11.5 Å². The number of anilines is 1. The maximum atomic E-state index is 12.5. The minimum Gasteiger partial charge on any atom is -0.372 e. The molecule has 2 aromatic carbocycles. The molecular weight excluding hydrogens is 346 g/mol. The van der Waals surface area contributed by atoms with Crippen molar-refractivity contribution in [2.45, 2.75) is 25.4 Å². The van der Waals surface area contributed by atoms with E-state index in [1.165, 1.54) is 6.07 Å². The Morgan fingerprint density at radius 1 is 1.19 bits per heavy atom. The molecule has 8 heteroatoms. The Morgan fingerprint density at radius 2 is 1.96 bits per heavy atom. The van der Waals surface area contributed by atoms with Crippen molar-refractivity contribution in [3.8, 4) is 0 Å². The van der Waals surface area contributed by atoms with Crippen LogP contribution in [0.2, 0.25) is 0 Å². The topological polar surface area (TPSA) is 103 Å². The molecule has 3 aromatic rings. The van der Waals surface area contributed by atoms with E-state index in [1.54, 1.807) is 42.7 Å². The lowest BCUT2D eigenvalue weighted by Gasteiger charge is -2.09. The Bertz CT molecular complexity index is 996. The third-order valence-electron chi connectivity index (χ3n) is 4.52. The van der Waals surface area contributed by atoms with Crippen molar-refractivity contribution in [2.24, 2.45) is 0 Å². The molecule has 0 radical (unpaired) electrons. The molecule has 1 saturated carbocycles. The predicted octanol–water partition coefficient (Wildman–Crippen LogP) is 3.36. The van der Waals surface area contributed by atoms with Crippen LogP contribution in [0.5, 0.6) is 0 Å². The molecule has 0 amide bonds. The number of carbonyl (C=O) groups excluding carboxylic acids is 1. The van der Waals surface area contributed by atoms with Gasteiger partial charge in [-0.05, 0) is 25.0 Å². The highest BCUT2D eigenvalue weighted by molar-refractivity contribution is 6.09. The van der Waals surface area contributed by atoms with E-state index < -0.39 is 4.92 Å². The van der Waals surface area contributed by atoms with Gasteiger partial charge in [0.1, 0.15) is 12.0 Å². The highest BCUT2D eigenvalue weighted by Crippen LogP contribution is 2.35. The second-order valence-electron chi connectivity index (χ2n) is 6.42. The lowest BCUT2D eigenvalue weighted by molar-refractivity contribution is -0.384. The smallest absolute Gasteiger partial charge is 0.293 e. The molecule has 0 saturated heterocycles. The molecule has 1 aromatic heterocycles. The van der Waals surface area contributed by atoms with E-state index in [4.69, 9.17) is 0 Å². The van der Waals surface area contributed by atoms with Gasteiger partial charge in [0.2, 0.25) is 0 Å². The number of ketones is 1. The van der Waals surface area contributed by atoms with Gasteiger partial charge in [0, 0.05) is 23.2 Å². The van der Waals surface area contributed by atoms with Gasteiger partial charge in [0.25, 0.3) is 5.69 Å². The molecule has 1 heterocycles. The number of nitro groups is 1. The number of hydrogen-bond donors (Lipinski definition) is 1. The first-order valence-electron chi connectivity index (χ1n) is 8.64. The Labute approximate surface area is 155 Å². The Morgan fingerprint density at radius 3 is 2.67 bits per heavy atom. The van der Waals surface area contributed by atoms with Gasteiger partial charge in [-0.3, -0.25) is 14.9 Å². The van der Waals surface area contributed by atoms with Crippen molar-refractivity contribution in [2.75, 3.05) is 5.32 Å². The molecule has 136 valence electrons. The van der Waals surface area contributed by atoms with Crippen LogP contribution in [-0.4, -0.2) is 25.5 Å². The number of nitro benzene ring substituents is 1. The van der Waals surface area contributed by atoms with Crippen LogP contribution in [0.15, 0.2) is 54.9 Å². The molecule has 1 N–H and O–H groups in total. The number of aromatic nitrogens is 3. The molecule has 4 rings (SSSR count). The summed E-state index contributed by atoms with van der Waals surface area (Å²) in [6.07, 6.45) is 3.88. The molecule has 0 aliphatic heterocycles. The van der Waals surface area contributed by atoms with Crippen molar-refractivity contribution in [1.82, 2.24) is 14.8 Å². The minimum atomic E-state index is -0.490. The van der Waals surface area contributed by atoms with E-state index in [0.717, 1.165) is 18.7 Å². The number of benzene rings is 2. The molecule has 8 nitrogen and oxygen atoms in total. The van der Waals surface area contributed by atoms with E-state index in [2.05, 4.69) is 15.5 Å². The molecular formula is C19H17N5O3. The number of nitrogens with one attached hydrogen (secondary N) is 1. The standard InChI is InChI=1S/C19H17N5O3/c25-19(13-4-2-1-3-5-13)14-6-9-16(17(10-14)24(26)27)20-11-18-22-21-12-23(18)15-7-8-15/h1-6,9-10,12,15,20H,7-8,11H2. The third kappa shape index (κ3) is 3.55. The lowest BCUT2D eigenvalue weighted by atomic mass is 10.0. The zero-order chi connectivity index (χ0) is 18.8. The fraction of sp³-hybridized carbons (Fsp3) is 0.211. The fourth-order valence-electron chi connectivity index (χ4n) is 2.95. The summed E-state index contributed by atoms with van der Waals surface area (Å²) in [5.74, 6) is 0.481. The average Bonchev–Trinajstić information content (AvgIpc) is 3.44. The zero-order valence-electron chi connectivity index (χ0n) is 14.4. The van der Waals surface area contributed by atoms with Gasteiger partial charge >= 0.3 is 0 Å². The summed E-state index contributed by atoms with van der Waals surface area (Å²) in [5.41, 5.74) is 0.967. The Hall–Kier alpha value is -3.55. The van der Waals surface area contributed by atoms with Crippen LogP contribution in [-0.2, 0) is 6.54 Å². The number of carbonyl (C=O) groups is 1. The second-order valence-corrected chi connectivity index (χ2v) is 6.42. The molecule has 1 aliphatic rings. The first-order chi connectivity index (χ1) is 13.1. The molecule has 0 bridgehead atoms. The molecule has 27 heavy (non-hydrogen) atoms. The van der Waals surface area contributed by atoms with Gasteiger partial charge in [0.15, 0.2) is 11.6 Å². The number of rotatable bonds is 7. The van der Waals surface area contributed by atoms with Gasteiger partial charge in [-0.2, -0.15) is 0 Å². The van der Waals surface area contributed by atoms with Crippen LogP contribution >= 0.6 is 0 Å². The molecule has 1 fully saturated rings. The van der Waals surface area contributed by atoms with Crippen LogP contribution in [0, 0.1) is 10.1 Å². The van der Waals surface area contributed by atoms with Crippen molar-refractivity contribution < 1.29 is 9.72 Å². The van der Waals surface area contributed by atoms with E-state index >= 15 is 0 Å². The first-order valence-corrected chi connectivity index (χ1v) is 8.64. The van der Waals surface area contributed by atoms with Gasteiger partial charge in [-0.15, -0.1) is 10.2 Å². The molecule has 0 unspecified atom stereocenters. The minimum absolute atomic E-state index is 0.144. The predicted molar refractivity (Wildman–Crippen MR) is 98.6 cm³/mol. The van der Waals surface area contributed by atoms with Crippen molar-refractivity contribution >= 4 is 17.2 Å². The molecule has 1 aliphatic carbocycles. The lowest BCUT2D eigenvalue weighted by Crippen LogP contribution is -2.09. The highest BCUT2D eigenvalue weighted by Gasteiger charge is 2.26. The first kappa shape index (κ1) is 16.9. The second kappa shape index (κ2) is 6.99. The monoisotopic (exact) mass is 363 g/mol. The van der Waals surface area contributed by atoms with Crippen LogP contribution in [0.4, 0.5) is 11.4 Å². The Balaban J connectivity index is 1.57. The van der Waals surface area contributed by atoms with Gasteiger partial charge in [-0.1, -0.05) is 30.3 Å². The maximum Gasteiger partial charge on any atom is 0.293 e. The van der Waals surface area contributed by atoms with Crippen LogP contribution < -0.4 is 5.32 Å². The summed E-state index contributed by atoms with van der Waals surface area (Å²) in [5, 5.41) is 22.5. The summed E-state index contributed by atoms with van der Waals surface area (Å²) in [7, 11) is 0. The number of hydrogen-bond acceptors (Lipinski definition) is 6. The summed E-state index contributed by atoms with van der Waals surface area (Å²) in [6, 6.07) is 13.6. The van der Waals surface area contributed by atoms with E-state index in [-0.39, 0.29) is 17.0 Å². The number of nitrogens with zero attached hydrogens (tertiary/aromatic N) is 4. The van der Waals surface area contributed by atoms with Crippen molar-refractivity contribution in [1.29, 1.82) is 0 Å². The van der Waals surface area contributed by atoms with Crippen LogP contribution in [0.3, 0.4) is 0 Å². The SMILES string of the molecule is O=C(c1ccccc1)c1ccc(NCc2nncn2C2CC2)c([N+](=O)[O-])c1. The summed E-state index contributed by atoms with van der Waals surface area (Å²) in [6.45, 7) is 0.323. The van der Waals surface area contributed by atoms with E-state index in [9.17, 15) is 14.9 Å². The van der Waals surface area contributed by atoms with Crippen molar-refractivity contribution in [3.63, 3.8) is 0 Å². The van der Waals surface area contributed by atoms with Crippen LogP contribution in [0.1, 0.15) is 40.6 Å². The average molecular weight is 363 g/mol. The molecule has 0 spiro atoms. The zero-order valence-corrected chi connectivity index (χ0v) is 14.4. The van der Waals surface area contributed by atoms with Crippen LogP contribution in [0.25, 0.3) is 0 Å². The van der Waals surface area contributed by atoms with Gasteiger partial charge < -0.3 is 9.88 Å². The summed E-state index contributed by atoms with van der Waals surface area (Å²) in [4.78, 5) is 23.5. The summed E-state index contributed by atoms with van der Waals surface area (Å²) >= 11 is 0. The van der Waals surface area contributed by atoms with E-state index in [0.29, 0.717) is 23.8 Å². The highest BCUT2D eigenvalue weighted by atomic mass is 16.6. The maximum absolute atomic E-state index is 12.5. The Kier molecular flexibility index (Phi) is 4.37. The third-order valence-corrected chi connectivity index (χ3v) is 4.52. The fourth-order valence-corrected chi connectivity index (χ4v) is 2.95. The van der Waals surface area contributed by atoms with E-state index in [1.807, 2.05) is 10.6 Å². The van der Waals surface area contributed by atoms with Gasteiger partial charge in [-0.25, -0.2) is 0 Å². The molecule has 0 atom stereocenters. The summed E-state index contributed by atoms with van der Waals surface area (Å²) < 4.78 is 1.99.